The molecule has 1 unspecified atom stereocenters. The molecule has 0 bridgehead atoms. The van der Waals surface area contributed by atoms with Gasteiger partial charge in [0.05, 0.1) is 19.6 Å². The normalized spacial score (nSPS) is 11.6. The Kier molecular flexibility index (Phi) is 6.17. The lowest BCUT2D eigenvalue weighted by Crippen LogP contribution is -2.31. The predicted molar refractivity (Wildman–Crippen MR) is 89.3 cm³/mol. The van der Waals surface area contributed by atoms with Gasteiger partial charge < -0.3 is 10.1 Å². The summed E-state index contributed by atoms with van der Waals surface area (Å²) in [6.07, 6.45) is 3.61. The predicted octanol–water partition coefficient (Wildman–Crippen LogP) is 2.84. The van der Waals surface area contributed by atoms with Crippen molar-refractivity contribution in [3.63, 3.8) is 0 Å². The van der Waals surface area contributed by atoms with Gasteiger partial charge in [-0.3, -0.25) is 14.6 Å². The molecule has 0 saturated heterocycles. The number of hydrogen-bond donors (Lipinski definition) is 1. The summed E-state index contributed by atoms with van der Waals surface area (Å²) in [7, 11) is 1.33. The van der Waals surface area contributed by atoms with Crippen LogP contribution in [-0.4, -0.2) is 30.2 Å². The van der Waals surface area contributed by atoms with Gasteiger partial charge in [0.25, 0.3) is 5.91 Å². The third kappa shape index (κ3) is 4.82. The van der Waals surface area contributed by atoms with E-state index in [2.05, 4.69) is 10.3 Å². The number of amides is 1. The number of nitrogens with zero attached hydrogens (tertiary/aromatic N) is 1. The molecule has 2 aromatic rings. The summed E-state index contributed by atoms with van der Waals surface area (Å²) in [6, 6.07) is 12.4. The summed E-state index contributed by atoms with van der Waals surface area (Å²) < 4.78 is 4.72. The Morgan fingerprint density at radius 2 is 1.96 bits per heavy atom. The second-order valence-corrected chi connectivity index (χ2v) is 5.67. The molecule has 0 saturated carbocycles. The lowest BCUT2D eigenvalue weighted by Gasteiger charge is -2.18. The average Bonchev–Trinajstić information content (AvgIpc) is 2.61. The number of methoxy groups -OCH3 is 1. The summed E-state index contributed by atoms with van der Waals surface area (Å²) >= 11 is 1.63. The van der Waals surface area contributed by atoms with Crippen molar-refractivity contribution >= 4 is 23.6 Å². The Balaban J connectivity index is 2.19. The highest BCUT2D eigenvalue weighted by Crippen LogP contribution is 2.22. The van der Waals surface area contributed by atoms with E-state index >= 15 is 0 Å². The number of aromatic nitrogens is 1. The van der Waals surface area contributed by atoms with Crippen LogP contribution in [0.5, 0.6) is 0 Å². The highest BCUT2D eigenvalue weighted by molar-refractivity contribution is 7.98. The zero-order valence-electron chi connectivity index (χ0n) is 13.0. The Labute approximate surface area is 139 Å². The molecule has 0 radical (unpaired) electrons. The summed E-state index contributed by atoms with van der Waals surface area (Å²) in [5.41, 5.74) is 1.15. The zero-order valence-corrected chi connectivity index (χ0v) is 13.8. The first kappa shape index (κ1) is 17.0. The number of carbonyl (C=O) groups is 2. The molecule has 0 aliphatic rings. The Morgan fingerprint density at radius 1 is 1.22 bits per heavy atom. The first-order valence-corrected chi connectivity index (χ1v) is 8.29. The second-order valence-electron chi connectivity index (χ2n) is 4.79. The number of benzene rings is 1. The molecule has 0 fully saturated rings. The fraction of sp³-hybridized carbons (Fsp3) is 0.235. The summed E-state index contributed by atoms with van der Waals surface area (Å²) in [4.78, 5) is 29.1. The molecule has 1 atom stereocenters. The van der Waals surface area contributed by atoms with Crippen molar-refractivity contribution in [2.24, 2.45) is 0 Å². The molecule has 0 aliphatic carbocycles. The third-order valence-electron chi connectivity index (χ3n) is 3.32. The quantitative estimate of drug-likeness (QED) is 0.651. The van der Waals surface area contributed by atoms with Crippen LogP contribution < -0.4 is 5.32 Å². The van der Waals surface area contributed by atoms with Crippen LogP contribution in [-0.2, 0) is 9.53 Å². The number of hydrogen-bond acceptors (Lipinski definition) is 5. The SMILES string of the molecule is COC(=O)CC(NC(=O)c1ccccn1)c1ccc(SC)cc1. The van der Waals surface area contributed by atoms with Crippen LogP contribution in [0, 0.1) is 0 Å². The molecular formula is C17H18N2O3S. The number of carbonyl (C=O) groups excluding carboxylic acids is 2. The lowest BCUT2D eigenvalue weighted by atomic mass is 10.0. The number of nitrogens with one attached hydrogen (secondary N) is 1. The Morgan fingerprint density at radius 3 is 2.52 bits per heavy atom. The van der Waals surface area contributed by atoms with E-state index in [-0.39, 0.29) is 18.3 Å². The van der Waals surface area contributed by atoms with Gasteiger partial charge in [-0.2, -0.15) is 0 Å². The van der Waals surface area contributed by atoms with Crippen molar-refractivity contribution in [3.8, 4) is 0 Å². The maximum Gasteiger partial charge on any atom is 0.307 e. The number of thioether (sulfide) groups is 1. The van der Waals surface area contributed by atoms with Crippen LogP contribution in [0.25, 0.3) is 0 Å². The van der Waals surface area contributed by atoms with Crippen molar-refractivity contribution in [1.82, 2.24) is 10.3 Å². The van der Waals surface area contributed by atoms with E-state index < -0.39 is 6.04 Å². The average molecular weight is 330 g/mol. The molecule has 1 N–H and O–H groups in total. The monoisotopic (exact) mass is 330 g/mol. The highest BCUT2D eigenvalue weighted by atomic mass is 32.2. The van der Waals surface area contributed by atoms with Crippen molar-refractivity contribution in [2.75, 3.05) is 13.4 Å². The van der Waals surface area contributed by atoms with Crippen LogP contribution >= 0.6 is 11.8 Å². The maximum absolute atomic E-state index is 12.3. The lowest BCUT2D eigenvalue weighted by molar-refractivity contribution is -0.141. The van der Waals surface area contributed by atoms with Crippen molar-refractivity contribution in [3.05, 3.63) is 59.9 Å². The van der Waals surface area contributed by atoms with Gasteiger partial charge in [0.15, 0.2) is 0 Å². The highest BCUT2D eigenvalue weighted by Gasteiger charge is 2.20. The standard InChI is InChI=1S/C17H18N2O3S/c1-22-16(20)11-15(12-6-8-13(23-2)9-7-12)19-17(21)14-5-3-4-10-18-14/h3-10,15H,11H2,1-2H3,(H,19,21). The first-order valence-electron chi connectivity index (χ1n) is 7.06. The van der Waals surface area contributed by atoms with Gasteiger partial charge in [0.2, 0.25) is 0 Å². The number of ether oxygens (including phenoxy) is 1. The van der Waals surface area contributed by atoms with Crippen LogP contribution in [0.3, 0.4) is 0 Å². The van der Waals surface area contributed by atoms with Crippen LogP contribution in [0.15, 0.2) is 53.6 Å². The molecule has 0 spiro atoms. The third-order valence-corrected chi connectivity index (χ3v) is 4.06. The van der Waals surface area contributed by atoms with E-state index in [9.17, 15) is 9.59 Å². The largest absolute Gasteiger partial charge is 0.469 e. The minimum Gasteiger partial charge on any atom is -0.469 e. The maximum atomic E-state index is 12.3. The fourth-order valence-electron chi connectivity index (χ4n) is 2.07. The molecule has 2 rings (SSSR count). The van der Waals surface area contributed by atoms with E-state index in [0.29, 0.717) is 5.69 Å². The van der Waals surface area contributed by atoms with Crippen molar-refractivity contribution in [2.45, 2.75) is 17.4 Å². The molecule has 120 valence electrons. The first-order chi connectivity index (χ1) is 11.1. The van der Waals surface area contributed by atoms with E-state index in [4.69, 9.17) is 4.74 Å². The van der Waals surface area contributed by atoms with Crippen molar-refractivity contribution < 1.29 is 14.3 Å². The van der Waals surface area contributed by atoms with Gasteiger partial charge in [-0.05, 0) is 36.1 Å². The van der Waals surface area contributed by atoms with Gasteiger partial charge in [0, 0.05) is 11.1 Å². The molecule has 1 aromatic carbocycles. The minimum atomic E-state index is -0.465. The van der Waals surface area contributed by atoms with Crippen molar-refractivity contribution in [1.29, 1.82) is 0 Å². The molecule has 5 nitrogen and oxygen atoms in total. The van der Waals surface area contributed by atoms with Gasteiger partial charge in [-0.15, -0.1) is 11.8 Å². The molecule has 1 heterocycles. The van der Waals surface area contributed by atoms with Gasteiger partial charge in [0.1, 0.15) is 5.69 Å². The molecule has 1 aromatic heterocycles. The Bertz CT molecular complexity index is 659. The topological polar surface area (TPSA) is 68.3 Å². The fourth-order valence-corrected chi connectivity index (χ4v) is 2.48. The number of esters is 1. The van der Waals surface area contributed by atoms with Gasteiger partial charge >= 0.3 is 5.97 Å². The summed E-state index contributed by atoms with van der Waals surface area (Å²) in [5.74, 6) is -0.710. The number of pyridine rings is 1. The number of rotatable bonds is 6. The van der Waals surface area contributed by atoms with Gasteiger partial charge in [-0.25, -0.2) is 0 Å². The molecular weight excluding hydrogens is 312 g/mol. The van der Waals surface area contributed by atoms with Crippen LogP contribution in [0.1, 0.15) is 28.5 Å². The molecule has 1 amide bonds. The van der Waals surface area contributed by atoms with Crippen LogP contribution in [0.4, 0.5) is 0 Å². The molecule has 6 heteroatoms. The van der Waals surface area contributed by atoms with E-state index in [0.717, 1.165) is 10.5 Å². The summed E-state index contributed by atoms with van der Waals surface area (Å²) in [5, 5.41) is 2.84. The van der Waals surface area contributed by atoms with E-state index in [1.807, 2.05) is 30.5 Å². The smallest absolute Gasteiger partial charge is 0.307 e. The Hall–Kier alpha value is -2.34. The van der Waals surface area contributed by atoms with Crippen LogP contribution in [0.2, 0.25) is 0 Å². The van der Waals surface area contributed by atoms with E-state index in [1.54, 1.807) is 36.2 Å². The van der Waals surface area contributed by atoms with E-state index in [1.165, 1.54) is 7.11 Å². The molecule has 0 aliphatic heterocycles. The second kappa shape index (κ2) is 8.33. The zero-order chi connectivity index (χ0) is 16.7. The van der Waals surface area contributed by atoms with Gasteiger partial charge in [-0.1, -0.05) is 18.2 Å². The molecule has 23 heavy (non-hydrogen) atoms. The minimum absolute atomic E-state index is 0.0632. The summed E-state index contributed by atoms with van der Waals surface area (Å²) in [6.45, 7) is 0.